The summed E-state index contributed by atoms with van der Waals surface area (Å²) in [5, 5.41) is 9.12. The van der Waals surface area contributed by atoms with Gasteiger partial charge in [-0.1, -0.05) is 0 Å². The van der Waals surface area contributed by atoms with Crippen LogP contribution in [0.25, 0.3) is 0 Å². The number of carboxylic acids is 1. The Kier molecular flexibility index (Phi) is 3.87. The molecule has 1 aliphatic rings. The number of alkyl halides is 1. The quantitative estimate of drug-likeness (QED) is 0.874. The summed E-state index contributed by atoms with van der Waals surface area (Å²) in [5.41, 5.74) is -0.874. The van der Waals surface area contributed by atoms with Gasteiger partial charge in [0, 0.05) is 5.41 Å². The summed E-state index contributed by atoms with van der Waals surface area (Å²) < 4.78 is 25.1. The molecule has 21 heavy (non-hydrogen) atoms. The molecule has 1 N–H and O–H groups in total. The first kappa shape index (κ1) is 15.6. The standard InChI is InChI=1S/C16H21FO4/c1-15(2,17)10-7-12(20-3)13(21-4)8-11(10)16(5-6-16)9-14(18)19/h7-8H,5-6,9H2,1-4H3,(H,18,19). The summed E-state index contributed by atoms with van der Waals surface area (Å²) in [5.74, 6) is 0.0789. The smallest absolute Gasteiger partial charge is 0.304 e. The Balaban J connectivity index is 2.60. The molecule has 1 fully saturated rings. The Hall–Kier alpha value is -1.78. The topological polar surface area (TPSA) is 55.8 Å². The second-order valence-electron chi connectivity index (χ2n) is 6.08. The zero-order chi connectivity index (χ0) is 15.8. The van der Waals surface area contributed by atoms with Crippen molar-refractivity contribution in [3.63, 3.8) is 0 Å². The van der Waals surface area contributed by atoms with Crippen LogP contribution in [0.2, 0.25) is 0 Å². The normalized spacial score (nSPS) is 16.4. The number of hydrogen-bond donors (Lipinski definition) is 1. The molecule has 5 heteroatoms. The molecule has 0 aliphatic heterocycles. The molecule has 0 saturated heterocycles. The summed E-state index contributed by atoms with van der Waals surface area (Å²) in [6.07, 6.45) is 1.50. The number of methoxy groups -OCH3 is 2. The predicted molar refractivity (Wildman–Crippen MR) is 76.8 cm³/mol. The Morgan fingerprint density at radius 1 is 1.29 bits per heavy atom. The van der Waals surface area contributed by atoms with E-state index in [4.69, 9.17) is 14.6 Å². The number of hydrogen-bond acceptors (Lipinski definition) is 3. The number of halogens is 1. The summed E-state index contributed by atoms with van der Waals surface area (Å²) >= 11 is 0. The van der Waals surface area contributed by atoms with Gasteiger partial charge in [0.2, 0.25) is 0 Å². The summed E-state index contributed by atoms with van der Waals surface area (Å²) in [6, 6.07) is 3.35. The van der Waals surface area contributed by atoms with Crippen molar-refractivity contribution in [3.05, 3.63) is 23.3 Å². The summed E-state index contributed by atoms with van der Waals surface area (Å²) in [6.45, 7) is 2.93. The minimum Gasteiger partial charge on any atom is -0.493 e. The van der Waals surface area contributed by atoms with Crippen LogP contribution in [0.15, 0.2) is 12.1 Å². The number of carboxylic acid groups (broad SMARTS) is 1. The van der Waals surface area contributed by atoms with E-state index in [-0.39, 0.29) is 6.42 Å². The number of rotatable bonds is 6. The van der Waals surface area contributed by atoms with Gasteiger partial charge in [-0.05, 0) is 49.9 Å². The largest absolute Gasteiger partial charge is 0.493 e. The average Bonchev–Trinajstić information content (AvgIpc) is 3.15. The highest BCUT2D eigenvalue weighted by molar-refractivity contribution is 5.71. The van der Waals surface area contributed by atoms with Crippen molar-refractivity contribution in [2.75, 3.05) is 14.2 Å². The van der Waals surface area contributed by atoms with Gasteiger partial charge in [-0.25, -0.2) is 4.39 Å². The van der Waals surface area contributed by atoms with Gasteiger partial charge in [-0.3, -0.25) is 4.79 Å². The van der Waals surface area contributed by atoms with Gasteiger partial charge in [0.15, 0.2) is 11.5 Å². The van der Waals surface area contributed by atoms with Crippen LogP contribution in [0.3, 0.4) is 0 Å². The summed E-state index contributed by atoms with van der Waals surface area (Å²) in [7, 11) is 3.01. The third kappa shape index (κ3) is 2.96. The van der Waals surface area contributed by atoms with Crippen molar-refractivity contribution in [3.8, 4) is 11.5 Å². The van der Waals surface area contributed by atoms with Crippen molar-refractivity contribution < 1.29 is 23.8 Å². The van der Waals surface area contributed by atoms with Crippen LogP contribution >= 0.6 is 0 Å². The Morgan fingerprint density at radius 2 is 1.81 bits per heavy atom. The lowest BCUT2D eigenvalue weighted by Gasteiger charge is -2.26. The van der Waals surface area contributed by atoms with E-state index in [1.165, 1.54) is 28.1 Å². The molecule has 1 aromatic carbocycles. The van der Waals surface area contributed by atoms with Gasteiger partial charge in [0.05, 0.1) is 20.6 Å². The van der Waals surface area contributed by atoms with Crippen molar-refractivity contribution in [1.82, 2.24) is 0 Å². The Labute approximate surface area is 123 Å². The molecule has 1 aromatic rings. The molecule has 0 bridgehead atoms. The number of ether oxygens (including phenoxy) is 2. The molecule has 0 radical (unpaired) electrons. The first-order valence-corrected chi connectivity index (χ1v) is 6.91. The lowest BCUT2D eigenvalue weighted by atomic mass is 9.83. The molecule has 0 amide bonds. The van der Waals surface area contributed by atoms with Gasteiger partial charge in [-0.2, -0.15) is 0 Å². The van der Waals surface area contributed by atoms with E-state index in [2.05, 4.69) is 0 Å². The molecule has 0 heterocycles. The van der Waals surface area contributed by atoms with Gasteiger partial charge < -0.3 is 14.6 Å². The fourth-order valence-electron chi connectivity index (χ4n) is 2.79. The van der Waals surface area contributed by atoms with Crippen molar-refractivity contribution in [2.24, 2.45) is 0 Å². The average molecular weight is 296 g/mol. The van der Waals surface area contributed by atoms with Crippen LogP contribution < -0.4 is 9.47 Å². The van der Waals surface area contributed by atoms with E-state index in [1.807, 2.05) is 0 Å². The highest BCUT2D eigenvalue weighted by atomic mass is 19.1. The first-order chi connectivity index (χ1) is 9.73. The number of carbonyl (C=O) groups is 1. The third-order valence-corrected chi connectivity index (χ3v) is 4.08. The van der Waals surface area contributed by atoms with Gasteiger partial charge in [-0.15, -0.1) is 0 Å². The minimum atomic E-state index is -1.58. The van der Waals surface area contributed by atoms with E-state index in [1.54, 1.807) is 12.1 Å². The van der Waals surface area contributed by atoms with E-state index in [0.717, 1.165) is 18.4 Å². The predicted octanol–water partition coefficient (Wildman–Crippen LogP) is 3.41. The van der Waals surface area contributed by atoms with Crippen LogP contribution in [0.4, 0.5) is 4.39 Å². The van der Waals surface area contributed by atoms with Gasteiger partial charge in [0.1, 0.15) is 5.67 Å². The first-order valence-electron chi connectivity index (χ1n) is 6.91. The maximum atomic E-state index is 14.6. The Bertz CT molecular complexity index is 556. The fourth-order valence-corrected chi connectivity index (χ4v) is 2.79. The lowest BCUT2D eigenvalue weighted by Crippen LogP contribution is -2.21. The zero-order valence-electron chi connectivity index (χ0n) is 12.8. The summed E-state index contributed by atoms with van der Waals surface area (Å²) in [4.78, 5) is 11.1. The molecule has 0 atom stereocenters. The minimum absolute atomic E-state index is 0.00552. The molecular formula is C16H21FO4. The lowest BCUT2D eigenvalue weighted by molar-refractivity contribution is -0.137. The Morgan fingerprint density at radius 3 is 2.19 bits per heavy atom. The number of benzene rings is 1. The van der Waals surface area contributed by atoms with Crippen LogP contribution in [0, 0.1) is 0 Å². The molecule has 0 spiro atoms. The van der Waals surface area contributed by atoms with Crippen molar-refractivity contribution in [1.29, 1.82) is 0 Å². The SMILES string of the molecule is COc1cc(C(C)(C)F)c(C2(CC(=O)O)CC2)cc1OC. The van der Waals surface area contributed by atoms with Crippen LogP contribution in [-0.4, -0.2) is 25.3 Å². The molecular weight excluding hydrogens is 275 g/mol. The zero-order valence-corrected chi connectivity index (χ0v) is 12.8. The molecule has 0 aromatic heterocycles. The van der Waals surface area contributed by atoms with Crippen LogP contribution in [0.1, 0.15) is 44.2 Å². The molecule has 2 rings (SSSR count). The third-order valence-electron chi connectivity index (χ3n) is 4.08. The molecule has 1 aliphatic carbocycles. The van der Waals surface area contributed by atoms with E-state index in [0.29, 0.717) is 17.1 Å². The maximum absolute atomic E-state index is 14.6. The molecule has 0 unspecified atom stereocenters. The van der Waals surface area contributed by atoms with E-state index < -0.39 is 17.1 Å². The number of aliphatic carboxylic acids is 1. The van der Waals surface area contributed by atoms with Crippen LogP contribution in [0.5, 0.6) is 11.5 Å². The monoisotopic (exact) mass is 296 g/mol. The maximum Gasteiger partial charge on any atom is 0.304 e. The second kappa shape index (κ2) is 5.20. The van der Waals surface area contributed by atoms with Gasteiger partial charge >= 0.3 is 5.97 Å². The molecule has 116 valence electrons. The molecule has 4 nitrogen and oxygen atoms in total. The molecule has 1 saturated carbocycles. The van der Waals surface area contributed by atoms with Crippen molar-refractivity contribution >= 4 is 5.97 Å². The van der Waals surface area contributed by atoms with Crippen LogP contribution in [-0.2, 0) is 15.9 Å². The second-order valence-corrected chi connectivity index (χ2v) is 6.08. The van der Waals surface area contributed by atoms with Crippen molar-refractivity contribution in [2.45, 2.75) is 44.2 Å². The van der Waals surface area contributed by atoms with E-state index in [9.17, 15) is 9.18 Å². The fraction of sp³-hybridized carbons (Fsp3) is 0.562. The van der Waals surface area contributed by atoms with E-state index >= 15 is 0 Å². The highest BCUT2D eigenvalue weighted by Gasteiger charge is 2.49. The van der Waals surface area contributed by atoms with Gasteiger partial charge in [0.25, 0.3) is 0 Å². The highest BCUT2D eigenvalue weighted by Crippen LogP contribution is 2.55.